The van der Waals surface area contributed by atoms with Gasteiger partial charge in [-0.3, -0.25) is 15.6 Å². The summed E-state index contributed by atoms with van der Waals surface area (Å²) in [5.74, 6) is 1.71. The molecule has 2 rings (SSSR count). The molecule has 0 unspecified atom stereocenters. The quantitative estimate of drug-likeness (QED) is 0.329. The van der Waals surface area contributed by atoms with E-state index in [0.29, 0.717) is 64.8 Å². The lowest BCUT2D eigenvalue weighted by Gasteiger charge is -2.18. The van der Waals surface area contributed by atoms with Gasteiger partial charge < -0.3 is 29.0 Å². The first-order valence-electron chi connectivity index (χ1n) is 10.2. The predicted octanol–water partition coefficient (Wildman–Crippen LogP) is 4.18. The Kier molecular flexibility index (Phi) is 10.1. The van der Waals surface area contributed by atoms with Crippen molar-refractivity contribution < 1.29 is 28.5 Å². The number of nitrogens with one attached hydrogen (secondary N) is 3. The molecular formula is C22H28ClN3O6S. The molecular weight excluding hydrogens is 470 g/mol. The Hall–Kier alpha value is -3.11. The Morgan fingerprint density at radius 1 is 0.848 bits per heavy atom. The van der Waals surface area contributed by atoms with Crippen LogP contribution in [0.4, 0.5) is 5.69 Å². The second-order valence-electron chi connectivity index (χ2n) is 6.32. The summed E-state index contributed by atoms with van der Waals surface area (Å²) in [7, 11) is 3.00. The Bertz CT molecular complexity index is 962. The number of hydrogen-bond acceptors (Lipinski definition) is 7. The number of carbonyl (C=O) groups is 1. The molecule has 0 aliphatic rings. The first kappa shape index (κ1) is 26.1. The highest BCUT2D eigenvalue weighted by molar-refractivity contribution is 7.80. The Balaban J connectivity index is 2.16. The fourth-order valence-electron chi connectivity index (χ4n) is 2.82. The molecule has 3 N–H and O–H groups in total. The summed E-state index contributed by atoms with van der Waals surface area (Å²) in [5, 5.41) is 3.44. The molecule has 0 aromatic heterocycles. The zero-order valence-electron chi connectivity index (χ0n) is 19.2. The number of thiocarbonyl (C=S) groups is 1. The third-order valence-electron chi connectivity index (χ3n) is 4.18. The molecule has 0 radical (unpaired) electrons. The van der Waals surface area contributed by atoms with Gasteiger partial charge in [0.2, 0.25) is 5.75 Å². The van der Waals surface area contributed by atoms with Gasteiger partial charge in [-0.1, -0.05) is 11.6 Å². The molecule has 0 heterocycles. The van der Waals surface area contributed by atoms with Crippen LogP contribution >= 0.6 is 23.8 Å². The van der Waals surface area contributed by atoms with Gasteiger partial charge >= 0.3 is 0 Å². The molecule has 0 atom stereocenters. The third kappa shape index (κ3) is 6.93. The summed E-state index contributed by atoms with van der Waals surface area (Å²) in [6.45, 7) is 6.76. The Morgan fingerprint density at radius 2 is 1.42 bits per heavy atom. The molecule has 2 aromatic carbocycles. The number of ether oxygens (including phenoxy) is 5. The molecule has 0 aliphatic carbocycles. The minimum Gasteiger partial charge on any atom is -0.495 e. The van der Waals surface area contributed by atoms with Crippen LogP contribution in [0.1, 0.15) is 31.1 Å². The summed E-state index contributed by atoms with van der Waals surface area (Å²) in [5.41, 5.74) is 6.00. The second-order valence-corrected chi connectivity index (χ2v) is 7.14. The largest absolute Gasteiger partial charge is 0.495 e. The van der Waals surface area contributed by atoms with Gasteiger partial charge in [-0.25, -0.2) is 0 Å². The van der Waals surface area contributed by atoms with Gasteiger partial charge in [-0.05, 0) is 45.1 Å². The van der Waals surface area contributed by atoms with Crippen LogP contribution in [0.25, 0.3) is 0 Å². The number of halogens is 1. The van der Waals surface area contributed by atoms with Crippen molar-refractivity contribution in [2.45, 2.75) is 20.8 Å². The standard InChI is InChI=1S/C22H28ClN3O6S/c1-6-30-18-9-13(10-19(31-7-2)20(18)32-8-3)21(27)25-26-22(33)24-15-12-16(28-4)14(23)11-17(15)29-5/h9-12H,6-8H2,1-5H3,(H,25,27)(H2,24,26,33). The molecule has 9 nitrogen and oxygen atoms in total. The van der Waals surface area contributed by atoms with Crippen LogP contribution in [0.15, 0.2) is 24.3 Å². The average Bonchev–Trinajstić information content (AvgIpc) is 2.80. The van der Waals surface area contributed by atoms with Gasteiger partial charge in [-0.2, -0.15) is 0 Å². The minimum absolute atomic E-state index is 0.118. The maximum atomic E-state index is 12.8. The zero-order chi connectivity index (χ0) is 24.4. The van der Waals surface area contributed by atoms with Crippen molar-refractivity contribution in [1.82, 2.24) is 10.9 Å². The van der Waals surface area contributed by atoms with Crippen molar-refractivity contribution in [1.29, 1.82) is 0 Å². The first-order chi connectivity index (χ1) is 15.9. The number of hydrazine groups is 1. The smallest absolute Gasteiger partial charge is 0.269 e. The van der Waals surface area contributed by atoms with E-state index < -0.39 is 5.91 Å². The average molecular weight is 498 g/mol. The highest BCUT2D eigenvalue weighted by Crippen LogP contribution is 2.39. The van der Waals surface area contributed by atoms with Gasteiger partial charge in [-0.15, -0.1) is 0 Å². The van der Waals surface area contributed by atoms with Crippen LogP contribution < -0.4 is 39.9 Å². The fourth-order valence-corrected chi connectivity index (χ4v) is 3.21. The molecule has 11 heteroatoms. The molecule has 0 bridgehead atoms. The summed E-state index contributed by atoms with van der Waals surface area (Å²) < 4.78 is 27.5. The molecule has 0 spiro atoms. The topological polar surface area (TPSA) is 99.3 Å². The van der Waals surface area contributed by atoms with Crippen molar-refractivity contribution in [2.75, 3.05) is 39.4 Å². The van der Waals surface area contributed by atoms with E-state index in [9.17, 15) is 4.79 Å². The van der Waals surface area contributed by atoms with E-state index in [4.69, 9.17) is 47.5 Å². The number of methoxy groups -OCH3 is 2. The second kappa shape index (κ2) is 12.8. The molecule has 0 saturated heterocycles. The number of carbonyl (C=O) groups excluding carboxylic acids is 1. The number of rotatable bonds is 10. The summed E-state index contributed by atoms with van der Waals surface area (Å²) in [6, 6.07) is 6.38. The lowest BCUT2D eigenvalue weighted by molar-refractivity contribution is 0.0943. The number of benzene rings is 2. The summed E-state index contributed by atoms with van der Waals surface area (Å²) in [6.07, 6.45) is 0. The van der Waals surface area contributed by atoms with Gasteiger partial charge in [0.05, 0.1) is 44.8 Å². The van der Waals surface area contributed by atoms with Crippen LogP contribution in [0.2, 0.25) is 5.02 Å². The van der Waals surface area contributed by atoms with Crippen LogP contribution in [0, 0.1) is 0 Å². The molecule has 33 heavy (non-hydrogen) atoms. The lowest BCUT2D eigenvalue weighted by atomic mass is 10.1. The van der Waals surface area contributed by atoms with E-state index in [1.54, 1.807) is 24.3 Å². The van der Waals surface area contributed by atoms with Gasteiger partial charge in [0.25, 0.3) is 5.91 Å². The van der Waals surface area contributed by atoms with E-state index in [1.165, 1.54) is 14.2 Å². The highest BCUT2D eigenvalue weighted by atomic mass is 35.5. The van der Waals surface area contributed by atoms with Crippen molar-refractivity contribution in [3.8, 4) is 28.7 Å². The third-order valence-corrected chi connectivity index (χ3v) is 4.68. The predicted molar refractivity (Wildman–Crippen MR) is 131 cm³/mol. The molecule has 180 valence electrons. The van der Waals surface area contributed by atoms with E-state index in [0.717, 1.165) is 0 Å². The molecule has 1 amide bonds. The van der Waals surface area contributed by atoms with E-state index in [-0.39, 0.29) is 5.11 Å². The molecule has 0 aliphatic heterocycles. The van der Waals surface area contributed by atoms with Crippen molar-refractivity contribution in [2.24, 2.45) is 0 Å². The van der Waals surface area contributed by atoms with Crippen molar-refractivity contribution in [3.05, 3.63) is 34.9 Å². The number of amides is 1. The molecule has 0 saturated carbocycles. The maximum absolute atomic E-state index is 12.8. The van der Waals surface area contributed by atoms with Crippen molar-refractivity contribution >= 4 is 40.5 Å². The number of anilines is 1. The maximum Gasteiger partial charge on any atom is 0.269 e. The van der Waals surface area contributed by atoms with Crippen LogP contribution in [-0.4, -0.2) is 45.1 Å². The highest BCUT2D eigenvalue weighted by Gasteiger charge is 2.19. The Labute approximate surface area is 203 Å². The van der Waals surface area contributed by atoms with E-state index in [2.05, 4.69) is 16.2 Å². The summed E-state index contributed by atoms with van der Waals surface area (Å²) in [4.78, 5) is 12.8. The SMILES string of the molecule is CCOc1cc(C(=O)NNC(=S)Nc2cc(OC)c(Cl)cc2OC)cc(OCC)c1OCC. The fraction of sp³-hybridized carbons (Fsp3) is 0.364. The summed E-state index contributed by atoms with van der Waals surface area (Å²) >= 11 is 11.4. The van der Waals surface area contributed by atoms with Crippen LogP contribution in [0.5, 0.6) is 28.7 Å². The molecule has 0 fully saturated rings. The normalized spacial score (nSPS) is 10.1. The van der Waals surface area contributed by atoms with Crippen LogP contribution in [0.3, 0.4) is 0 Å². The van der Waals surface area contributed by atoms with Crippen LogP contribution in [-0.2, 0) is 0 Å². The van der Waals surface area contributed by atoms with Crippen molar-refractivity contribution in [3.63, 3.8) is 0 Å². The van der Waals surface area contributed by atoms with E-state index in [1.807, 2.05) is 20.8 Å². The minimum atomic E-state index is -0.454. The van der Waals surface area contributed by atoms with Gasteiger partial charge in [0, 0.05) is 17.7 Å². The zero-order valence-corrected chi connectivity index (χ0v) is 20.7. The molecule has 2 aromatic rings. The van der Waals surface area contributed by atoms with E-state index >= 15 is 0 Å². The van der Waals surface area contributed by atoms with Gasteiger partial charge in [0.1, 0.15) is 11.5 Å². The first-order valence-corrected chi connectivity index (χ1v) is 11.0. The lowest BCUT2D eigenvalue weighted by Crippen LogP contribution is -2.43. The van der Waals surface area contributed by atoms with Gasteiger partial charge in [0.15, 0.2) is 16.6 Å². The number of hydrogen-bond donors (Lipinski definition) is 3. The monoisotopic (exact) mass is 497 g/mol. The Morgan fingerprint density at radius 3 is 1.94 bits per heavy atom.